The third-order valence-corrected chi connectivity index (χ3v) is 8.96. The van der Waals surface area contributed by atoms with Crippen LogP contribution in [0.4, 0.5) is 20.4 Å². The van der Waals surface area contributed by atoms with Crippen LogP contribution in [0.15, 0.2) is 39.7 Å². The van der Waals surface area contributed by atoms with Gasteiger partial charge in [-0.1, -0.05) is 11.3 Å². The number of piperazine rings is 1. The molecule has 0 aliphatic carbocycles. The first kappa shape index (κ1) is 31.8. The van der Waals surface area contributed by atoms with E-state index in [0.717, 1.165) is 17.4 Å². The van der Waals surface area contributed by atoms with Crippen LogP contribution < -0.4 is 26.1 Å². The summed E-state index contributed by atoms with van der Waals surface area (Å²) in [5, 5.41) is 10.3. The summed E-state index contributed by atoms with van der Waals surface area (Å²) in [4.78, 5) is 38.5. The van der Waals surface area contributed by atoms with E-state index in [2.05, 4.69) is 30.6 Å². The van der Waals surface area contributed by atoms with Gasteiger partial charge in [-0.2, -0.15) is 9.50 Å². The van der Waals surface area contributed by atoms with Gasteiger partial charge in [0.05, 0.1) is 30.7 Å². The van der Waals surface area contributed by atoms with Crippen molar-refractivity contribution >= 4 is 57.3 Å². The maximum atomic E-state index is 14.9. The standard InChI is InChI=1S/C28H30F2N10O4S.ClH/c29-18-13-19(30)20(12-17(18)26(41)33-14-16-15-43-11-3-32-16)38-7-4-37(5-8-38)6-9-39-24-22(45-28(39)42)25-34-23(21-2-1-10-44-21)36-40(25)27(31)35-24;/h1-2,10,12-13,16,32H,3-9,11,14-15H2,(H2,31,35)(H,33,41);1H. The summed E-state index contributed by atoms with van der Waals surface area (Å²) in [7, 11) is 0. The second-order valence-corrected chi connectivity index (χ2v) is 11.8. The molecule has 0 saturated carbocycles. The average molecular weight is 677 g/mol. The molecule has 0 radical (unpaired) electrons. The molecule has 2 fully saturated rings. The number of nitrogen functional groups attached to an aromatic ring is 1. The van der Waals surface area contributed by atoms with E-state index in [9.17, 15) is 18.4 Å². The van der Waals surface area contributed by atoms with Crippen LogP contribution in [0.2, 0.25) is 0 Å². The molecule has 18 heteroatoms. The molecule has 14 nitrogen and oxygen atoms in total. The van der Waals surface area contributed by atoms with Crippen LogP contribution in [-0.4, -0.2) is 100 Å². The Labute approximate surface area is 270 Å². The molecule has 2 aliphatic rings. The zero-order valence-corrected chi connectivity index (χ0v) is 26.1. The van der Waals surface area contributed by atoms with Crippen molar-refractivity contribution in [2.24, 2.45) is 0 Å². The van der Waals surface area contributed by atoms with Crippen molar-refractivity contribution in [2.45, 2.75) is 12.6 Å². The van der Waals surface area contributed by atoms with Crippen molar-refractivity contribution in [1.82, 2.24) is 39.7 Å². The fourth-order valence-corrected chi connectivity index (χ4v) is 6.54. The molecular weight excluding hydrogens is 646 g/mol. The van der Waals surface area contributed by atoms with E-state index in [1.807, 2.05) is 0 Å². The number of fused-ring (bicyclic) bond motifs is 3. The number of aromatic nitrogens is 5. The third-order valence-electron chi connectivity index (χ3n) is 8.00. The van der Waals surface area contributed by atoms with Gasteiger partial charge in [0.25, 0.3) is 5.91 Å². The number of morpholine rings is 1. The number of carbonyl (C=O) groups excluding carboxylic acids is 1. The topological polar surface area (TPSA) is 161 Å². The number of halogens is 3. The summed E-state index contributed by atoms with van der Waals surface area (Å²) in [6, 6.07) is 5.42. The maximum absolute atomic E-state index is 14.9. The van der Waals surface area contributed by atoms with Gasteiger partial charge in [-0.05, 0) is 18.2 Å². The molecule has 6 heterocycles. The van der Waals surface area contributed by atoms with Crippen molar-refractivity contribution in [3.63, 3.8) is 0 Å². The lowest BCUT2D eigenvalue weighted by Gasteiger charge is -2.36. The first-order valence-corrected chi connectivity index (χ1v) is 15.3. The largest absolute Gasteiger partial charge is 0.461 e. The Balaban J connectivity index is 0.00000372. The van der Waals surface area contributed by atoms with Gasteiger partial charge in [0.15, 0.2) is 17.1 Å². The Hall–Kier alpha value is -4.16. The summed E-state index contributed by atoms with van der Waals surface area (Å²) in [6.07, 6.45) is 1.52. The Kier molecular flexibility index (Phi) is 9.19. The number of carbonyl (C=O) groups is 1. The molecule has 4 N–H and O–H groups in total. The average Bonchev–Trinajstić information content (AvgIpc) is 3.80. The van der Waals surface area contributed by atoms with Gasteiger partial charge in [-0.3, -0.25) is 19.1 Å². The van der Waals surface area contributed by atoms with Gasteiger partial charge >= 0.3 is 4.87 Å². The van der Waals surface area contributed by atoms with Gasteiger partial charge in [0.2, 0.25) is 11.8 Å². The fourth-order valence-electron chi connectivity index (χ4n) is 5.61. The van der Waals surface area contributed by atoms with Crippen molar-refractivity contribution < 1.29 is 22.7 Å². The molecule has 4 aromatic heterocycles. The Morgan fingerprint density at radius 2 is 1.96 bits per heavy atom. The molecule has 1 unspecified atom stereocenters. The lowest BCUT2D eigenvalue weighted by Crippen LogP contribution is -2.48. The minimum absolute atomic E-state index is 0. The molecule has 0 spiro atoms. The van der Waals surface area contributed by atoms with Crippen molar-refractivity contribution in [1.29, 1.82) is 0 Å². The predicted molar refractivity (Wildman–Crippen MR) is 170 cm³/mol. The Morgan fingerprint density at radius 1 is 1.13 bits per heavy atom. The number of hydrogen-bond acceptors (Lipinski definition) is 12. The molecule has 1 atom stereocenters. The number of rotatable bonds is 8. The summed E-state index contributed by atoms with van der Waals surface area (Å²) in [5.74, 6) is -1.35. The highest BCUT2D eigenvalue weighted by molar-refractivity contribution is 7.17. The number of hydrogen-bond donors (Lipinski definition) is 3. The lowest BCUT2D eigenvalue weighted by molar-refractivity contribution is 0.0734. The highest BCUT2D eigenvalue weighted by Gasteiger charge is 2.25. The summed E-state index contributed by atoms with van der Waals surface area (Å²) in [6.45, 7) is 4.93. The highest BCUT2D eigenvalue weighted by Crippen LogP contribution is 2.27. The number of furan rings is 1. The molecule has 5 aromatic rings. The molecule has 1 amide bonds. The third kappa shape index (κ3) is 6.15. The molecule has 2 aliphatic heterocycles. The van der Waals surface area contributed by atoms with Gasteiger partial charge in [0, 0.05) is 64.5 Å². The number of ether oxygens (including phenoxy) is 1. The monoisotopic (exact) mass is 676 g/mol. The first-order chi connectivity index (χ1) is 21.9. The second-order valence-electron chi connectivity index (χ2n) is 10.8. The second kappa shape index (κ2) is 13.3. The maximum Gasteiger partial charge on any atom is 0.309 e. The van der Waals surface area contributed by atoms with E-state index in [1.54, 1.807) is 21.6 Å². The smallest absolute Gasteiger partial charge is 0.309 e. The summed E-state index contributed by atoms with van der Waals surface area (Å²) >= 11 is 1.02. The summed E-state index contributed by atoms with van der Waals surface area (Å²) < 4.78 is 43.8. The van der Waals surface area contributed by atoms with E-state index >= 15 is 0 Å². The van der Waals surface area contributed by atoms with Gasteiger partial charge in [-0.25, -0.2) is 13.8 Å². The number of thiazole rings is 1. The van der Waals surface area contributed by atoms with E-state index < -0.39 is 17.5 Å². The number of nitrogens with one attached hydrogen (secondary N) is 2. The Bertz CT molecular complexity index is 1920. The fraction of sp³-hybridized carbons (Fsp3) is 0.393. The predicted octanol–water partition coefficient (Wildman–Crippen LogP) is 1.58. The lowest BCUT2D eigenvalue weighted by atomic mass is 10.1. The SMILES string of the molecule is Cl.Nc1nc2c(sc(=O)n2CCN2CCN(c3cc(C(=O)NCC4COCCN4)c(F)cc3F)CC2)c2nc(-c3ccco3)nn12. The van der Waals surface area contributed by atoms with Gasteiger partial charge in [-0.15, -0.1) is 17.5 Å². The van der Waals surface area contributed by atoms with Crippen molar-refractivity contribution in [3.8, 4) is 11.6 Å². The number of anilines is 2. The van der Waals surface area contributed by atoms with Crippen molar-refractivity contribution in [2.75, 3.05) is 69.7 Å². The molecule has 0 bridgehead atoms. The highest BCUT2D eigenvalue weighted by atomic mass is 35.5. The zero-order valence-electron chi connectivity index (χ0n) is 24.4. The molecular formula is C28H31ClF2N10O4S. The minimum atomic E-state index is -0.913. The van der Waals surface area contributed by atoms with E-state index in [4.69, 9.17) is 14.9 Å². The summed E-state index contributed by atoms with van der Waals surface area (Å²) in [5.41, 5.74) is 7.00. The Morgan fingerprint density at radius 3 is 2.70 bits per heavy atom. The number of amides is 1. The zero-order chi connectivity index (χ0) is 31.1. The van der Waals surface area contributed by atoms with Crippen LogP contribution in [0, 0.1) is 11.6 Å². The molecule has 46 heavy (non-hydrogen) atoms. The van der Waals surface area contributed by atoms with E-state index in [-0.39, 0.29) is 47.1 Å². The minimum Gasteiger partial charge on any atom is -0.461 e. The molecule has 2 saturated heterocycles. The normalized spacial score (nSPS) is 17.4. The van der Waals surface area contributed by atoms with Crippen molar-refractivity contribution in [3.05, 3.63) is 57.4 Å². The van der Waals surface area contributed by atoms with Crippen LogP contribution in [-0.2, 0) is 11.3 Å². The van der Waals surface area contributed by atoms with Crippen LogP contribution in [0.25, 0.3) is 27.6 Å². The molecule has 244 valence electrons. The van der Waals surface area contributed by atoms with Crippen LogP contribution >= 0.6 is 23.7 Å². The molecule has 7 rings (SSSR count). The van der Waals surface area contributed by atoms with Gasteiger partial charge < -0.3 is 30.4 Å². The van der Waals surface area contributed by atoms with Crippen LogP contribution in [0.1, 0.15) is 10.4 Å². The number of nitrogens with two attached hydrogens (primary N) is 1. The van der Waals surface area contributed by atoms with E-state index in [0.29, 0.717) is 86.6 Å². The van der Waals surface area contributed by atoms with Crippen LogP contribution in [0.3, 0.4) is 0 Å². The number of nitrogens with zero attached hydrogens (tertiary/aromatic N) is 7. The first-order valence-electron chi connectivity index (χ1n) is 14.5. The van der Waals surface area contributed by atoms with Crippen LogP contribution in [0.5, 0.6) is 0 Å². The van der Waals surface area contributed by atoms with Gasteiger partial charge in [0.1, 0.15) is 16.3 Å². The molecule has 1 aromatic carbocycles. The number of benzene rings is 1. The quantitative estimate of drug-likeness (QED) is 0.219. The van der Waals surface area contributed by atoms with E-state index in [1.165, 1.54) is 16.8 Å².